The lowest BCUT2D eigenvalue weighted by Crippen LogP contribution is -2.50. The van der Waals surface area contributed by atoms with Crippen LogP contribution >= 0.6 is 11.6 Å². The lowest BCUT2D eigenvalue weighted by atomic mass is 10.1. The fourth-order valence-electron chi connectivity index (χ4n) is 2.03. The van der Waals surface area contributed by atoms with Crippen LogP contribution in [-0.2, 0) is 9.53 Å². The summed E-state index contributed by atoms with van der Waals surface area (Å²) in [5.41, 5.74) is 0.364. The van der Waals surface area contributed by atoms with Crippen molar-refractivity contribution >= 4 is 23.5 Å². The number of methoxy groups -OCH3 is 1. The molecule has 0 atom stereocenters. The molecule has 120 valence electrons. The number of nitrogens with one attached hydrogen (secondary N) is 1. The predicted octanol–water partition coefficient (Wildman–Crippen LogP) is 3.08. The van der Waals surface area contributed by atoms with E-state index in [0.29, 0.717) is 10.7 Å². The Morgan fingerprint density at radius 3 is 2.48 bits per heavy atom. The smallest absolute Gasteiger partial charge is 0.330 e. The third-order valence-corrected chi connectivity index (χ3v) is 3.58. The van der Waals surface area contributed by atoms with Gasteiger partial charge >= 0.3 is 5.97 Å². The van der Waals surface area contributed by atoms with Gasteiger partial charge in [0.2, 0.25) is 0 Å². The largest absolute Gasteiger partial charge is 0.467 e. The number of ether oxygens (including phenoxy) is 1. The van der Waals surface area contributed by atoms with Crippen molar-refractivity contribution in [3.05, 3.63) is 53.2 Å². The summed E-state index contributed by atoms with van der Waals surface area (Å²) in [6, 6.07) is 12.3. The van der Waals surface area contributed by atoms with Gasteiger partial charge in [-0.25, -0.2) is 9.78 Å². The lowest BCUT2D eigenvalue weighted by molar-refractivity contribution is -0.146. The molecule has 5 nitrogen and oxygen atoms in total. The molecule has 1 aromatic heterocycles. The number of benzene rings is 1. The van der Waals surface area contributed by atoms with E-state index in [1.165, 1.54) is 7.11 Å². The minimum atomic E-state index is -1.14. The van der Waals surface area contributed by atoms with Crippen molar-refractivity contribution < 1.29 is 14.3 Å². The van der Waals surface area contributed by atoms with Gasteiger partial charge in [0.25, 0.3) is 5.91 Å². The van der Waals surface area contributed by atoms with Crippen LogP contribution in [0.1, 0.15) is 24.3 Å². The Hall–Kier alpha value is -2.40. The molecule has 1 heterocycles. The highest BCUT2D eigenvalue weighted by molar-refractivity contribution is 6.33. The number of amides is 1. The van der Waals surface area contributed by atoms with Gasteiger partial charge in [-0.15, -0.1) is 0 Å². The van der Waals surface area contributed by atoms with Crippen LogP contribution in [-0.4, -0.2) is 29.5 Å². The fourth-order valence-corrected chi connectivity index (χ4v) is 2.27. The molecule has 0 spiro atoms. The Bertz CT molecular complexity index is 744. The number of hydrogen-bond acceptors (Lipinski definition) is 4. The topological polar surface area (TPSA) is 68.3 Å². The van der Waals surface area contributed by atoms with E-state index in [4.69, 9.17) is 11.6 Å². The van der Waals surface area contributed by atoms with Crippen molar-refractivity contribution in [2.45, 2.75) is 19.4 Å². The number of nitrogens with zero attached hydrogens (tertiary/aromatic N) is 1. The molecule has 0 aliphatic heterocycles. The van der Waals surface area contributed by atoms with Crippen LogP contribution in [0.15, 0.2) is 42.5 Å². The van der Waals surface area contributed by atoms with Gasteiger partial charge in [0.05, 0.1) is 12.8 Å². The predicted molar refractivity (Wildman–Crippen MR) is 88.2 cm³/mol. The van der Waals surface area contributed by atoms with Gasteiger partial charge < -0.3 is 10.1 Å². The van der Waals surface area contributed by atoms with Crippen molar-refractivity contribution in [2.75, 3.05) is 7.11 Å². The number of aromatic nitrogens is 1. The van der Waals surface area contributed by atoms with E-state index >= 15 is 0 Å². The van der Waals surface area contributed by atoms with E-state index in [1.54, 1.807) is 38.1 Å². The number of pyridine rings is 1. The molecular weight excluding hydrogens is 316 g/mol. The molecule has 1 N–H and O–H groups in total. The normalized spacial score (nSPS) is 11.0. The summed E-state index contributed by atoms with van der Waals surface area (Å²) in [6.45, 7) is 3.13. The quantitative estimate of drug-likeness (QED) is 0.874. The molecule has 2 rings (SSSR count). The molecule has 0 aliphatic carbocycles. The zero-order chi connectivity index (χ0) is 17.0. The number of halogens is 1. The van der Waals surface area contributed by atoms with E-state index in [2.05, 4.69) is 15.0 Å². The summed E-state index contributed by atoms with van der Waals surface area (Å²) in [5, 5.41) is 3.16. The zero-order valence-electron chi connectivity index (χ0n) is 13.1. The minimum Gasteiger partial charge on any atom is -0.467 e. The Morgan fingerprint density at radius 1 is 1.13 bits per heavy atom. The van der Waals surface area contributed by atoms with Gasteiger partial charge in [-0.3, -0.25) is 4.79 Å². The molecule has 0 aliphatic rings. The Balaban J connectivity index is 2.28. The first-order valence-electron chi connectivity index (χ1n) is 6.98. The first kappa shape index (κ1) is 17.0. The third-order valence-electron chi connectivity index (χ3n) is 3.25. The maximum absolute atomic E-state index is 12.3. The van der Waals surface area contributed by atoms with Crippen molar-refractivity contribution in [3.8, 4) is 11.3 Å². The van der Waals surface area contributed by atoms with Gasteiger partial charge in [-0.2, -0.15) is 0 Å². The molecular formula is C17H17ClN2O3. The van der Waals surface area contributed by atoms with E-state index in [0.717, 1.165) is 5.56 Å². The SMILES string of the molecule is COC(=O)C(C)(C)NC(=O)c1cccc(-c2ccccc2Cl)n1. The molecule has 1 amide bonds. The average molecular weight is 333 g/mol. The molecule has 0 unspecified atom stereocenters. The standard InChI is InChI=1S/C17H17ClN2O3/c1-17(2,16(22)23-3)20-15(21)14-10-6-9-13(19-14)11-7-4-5-8-12(11)18/h4-10H,1-3H3,(H,20,21). The van der Waals surface area contributed by atoms with Crippen LogP contribution in [0.4, 0.5) is 0 Å². The highest BCUT2D eigenvalue weighted by Gasteiger charge is 2.31. The Labute approximate surface area is 139 Å². The number of hydrogen-bond donors (Lipinski definition) is 1. The summed E-state index contributed by atoms with van der Waals surface area (Å²) >= 11 is 6.16. The summed E-state index contributed by atoms with van der Waals surface area (Å²) in [5.74, 6) is -0.998. The highest BCUT2D eigenvalue weighted by atomic mass is 35.5. The first-order chi connectivity index (χ1) is 10.8. The van der Waals surface area contributed by atoms with Crippen LogP contribution in [0.3, 0.4) is 0 Å². The van der Waals surface area contributed by atoms with E-state index in [9.17, 15) is 9.59 Å². The van der Waals surface area contributed by atoms with Crippen LogP contribution < -0.4 is 5.32 Å². The molecule has 6 heteroatoms. The highest BCUT2D eigenvalue weighted by Crippen LogP contribution is 2.25. The van der Waals surface area contributed by atoms with Gasteiger partial charge in [-0.1, -0.05) is 35.9 Å². The van der Waals surface area contributed by atoms with Crippen molar-refractivity contribution in [2.24, 2.45) is 0 Å². The summed E-state index contributed by atoms with van der Waals surface area (Å²) < 4.78 is 4.67. The lowest BCUT2D eigenvalue weighted by Gasteiger charge is -2.22. The maximum atomic E-state index is 12.3. The second-order valence-corrected chi connectivity index (χ2v) is 5.87. The van der Waals surface area contributed by atoms with Gasteiger partial charge in [0.15, 0.2) is 0 Å². The molecule has 0 radical (unpaired) electrons. The molecule has 1 aromatic carbocycles. The molecule has 0 saturated carbocycles. The summed E-state index contributed by atoms with van der Waals surface area (Å²) in [6.07, 6.45) is 0. The van der Waals surface area contributed by atoms with E-state index in [1.807, 2.05) is 18.2 Å². The minimum absolute atomic E-state index is 0.194. The molecule has 0 saturated heterocycles. The fraction of sp³-hybridized carbons (Fsp3) is 0.235. The summed E-state index contributed by atoms with van der Waals surface area (Å²) in [7, 11) is 1.27. The maximum Gasteiger partial charge on any atom is 0.330 e. The van der Waals surface area contributed by atoms with Crippen molar-refractivity contribution in [1.29, 1.82) is 0 Å². The molecule has 23 heavy (non-hydrogen) atoms. The molecule has 0 bridgehead atoms. The van der Waals surface area contributed by atoms with Crippen LogP contribution in [0.2, 0.25) is 5.02 Å². The average Bonchev–Trinajstić information content (AvgIpc) is 2.54. The van der Waals surface area contributed by atoms with E-state index in [-0.39, 0.29) is 5.69 Å². The van der Waals surface area contributed by atoms with Crippen LogP contribution in [0.25, 0.3) is 11.3 Å². The number of carbonyl (C=O) groups excluding carboxylic acids is 2. The van der Waals surface area contributed by atoms with Gasteiger partial charge in [0.1, 0.15) is 11.2 Å². The first-order valence-corrected chi connectivity index (χ1v) is 7.36. The molecule has 0 fully saturated rings. The van der Waals surface area contributed by atoms with Crippen LogP contribution in [0.5, 0.6) is 0 Å². The number of esters is 1. The summed E-state index contributed by atoms with van der Waals surface area (Å²) in [4.78, 5) is 28.3. The Kier molecular flexibility index (Phi) is 5.01. The molecule has 2 aromatic rings. The van der Waals surface area contributed by atoms with Crippen molar-refractivity contribution in [3.63, 3.8) is 0 Å². The van der Waals surface area contributed by atoms with Gasteiger partial charge in [-0.05, 0) is 32.0 Å². The Morgan fingerprint density at radius 2 is 1.83 bits per heavy atom. The van der Waals surface area contributed by atoms with Gasteiger partial charge in [0, 0.05) is 10.6 Å². The monoisotopic (exact) mass is 332 g/mol. The van der Waals surface area contributed by atoms with Crippen molar-refractivity contribution in [1.82, 2.24) is 10.3 Å². The number of carbonyl (C=O) groups is 2. The zero-order valence-corrected chi connectivity index (χ0v) is 13.8. The second-order valence-electron chi connectivity index (χ2n) is 5.46. The second kappa shape index (κ2) is 6.79. The van der Waals surface area contributed by atoms with Crippen LogP contribution in [0, 0.1) is 0 Å². The van der Waals surface area contributed by atoms with E-state index < -0.39 is 17.4 Å². The number of rotatable bonds is 4. The third kappa shape index (κ3) is 3.87.